The van der Waals surface area contributed by atoms with Crippen molar-refractivity contribution in [2.45, 2.75) is 10.9 Å². The molecule has 5 rings (SSSR count). The number of hydrogen-bond acceptors (Lipinski definition) is 6. The Morgan fingerprint density at radius 1 is 1.07 bits per heavy atom. The van der Waals surface area contributed by atoms with Crippen molar-refractivity contribution in [3.05, 3.63) is 80.4 Å². The highest BCUT2D eigenvalue weighted by Gasteiger charge is 2.11. The predicted octanol–water partition coefficient (Wildman–Crippen LogP) is 3.45. The molecule has 2 aromatic carbocycles. The summed E-state index contributed by atoms with van der Waals surface area (Å²) >= 11 is 2.82. The van der Waals surface area contributed by atoms with E-state index in [9.17, 15) is 9.59 Å². The van der Waals surface area contributed by atoms with Gasteiger partial charge in [0.1, 0.15) is 0 Å². The average Bonchev–Trinajstić information content (AvgIpc) is 3.18. The molecule has 138 valence electrons. The number of hydrogen-bond donors (Lipinski definition) is 0. The van der Waals surface area contributed by atoms with Gasteiger partial charge in [-0.15, -0.1) is 11.3 Å². The Kier molecular flexibility index (Phi) is 4.03. The number of benzene rings is 2. The third-order valence-corrected chi connectivity index (χ3v) is 6.43. The van der Waals surface area contributed by atoms with Gasteiger partial charge < -0.3 is 0 Å². The Bertz CT molecular complexity index is 1480. The minimum Gasteiger partial charge on any atom is -0.290 e. The first-order chi connectivity index (χ1) is 13.6. The summed E-state index contributed by atoms with van der Waals surface area (Å²) in [5.41, 5.74) is 1.16. The molecular formula is C20H14N4O2S2. The van der Waals surface area contributed by atoms with E-state index in [0.29, 0.717) is 32.5 Å². The number of aromatic nitrogens is 4. The lowest BCUT2D eigenvalue weighted by Gasteiger charge is -2.09. The van der Waals surface area contributed by atoms with E-state index in [0.717, 1.165) is 10.8 Å². The van der Waals surface area contributed by atoms with Crippen molar-refractivity contribution in [1.29, 1.82) is 0 Å². The largest absolute Gasteiger partial charge is 0.290 e. The molecule has 3 aromatic heterocycles. The molecule has 3 heterocycles. The van der Waals surface area contributed by atoms with E-state index >= 15 is 0 Å². The lowest BCUT2D eigenvalue weighted by atomic mass is 10.1. The molecule has 0 atom stereocenters. The average molecular weight is 406 g/mol. The van der Waals surface area contributed by atoms with Gasteiger partial charge in [-0.2, -0.15) is 0 Å². The second kappa shape index (κ2) is 6.57. The number of fused-ring (bicyclic) bond motifs is 3. The number of thioether (sulfide) groups is 1. The van der Waals surface area contributed by atoms with Crippen molar-refractivity contribution in [3.8, 4) is 0 Å². The van der Waals surface area contributed by atoms with E-state index in [1.165, 1.54) is 33.6 Å². The van der Waals surface area contributed by atoms with Crippen LogP contribution in [0.1, 0.15) is 5.69 Å². The first-order valence-corrected chi connectivity index (χ1v) is 10.4. The molecule has 0 N–H and O–H groups in total. The van der Waals surface area contributed by atoms with Crippen molar-refractivity contribution in [2.24, 2.45) is 7.05 Å². The highest BCUT2D eigenvalue weighted by atomic mass is 32.2. The third-order valence-electron chi connectivity index (χ3n) is 4.61. The summed E-state index contributed by atoms with van der Waals surface area (Å²) < 4.78 is 3.08. The number of nitrogens with zero attached hydrogens (tertiary/aromatic N) is 4. The molecule has 6 nitrogen and oxygen atoms in total. The van der Waals surface area contributed by atoms with Crippen molar-refractivity contribution in [3.63, 3.8) is 0 Å². The molecule has 8 heteroatoms. The Morgan fingerprint density at radius 2 is 1.86 bits per heavy atom. The molecular weight excluding hydrogens is 392 g/mol. The smallest absolute Gasteiger partial charge is 0.261 e. The van der Waals surface area contributed by atoms with Crippen LogP contribution in [0, 0.1) is 0 Å². The molecule has 0 saturated heterocycles. The fraction of sp³-hybridized carbons (Fsp3) is 0.100. The lowest BCUT2D eigenvalue weighted by Crippen LogP contribution is -2.20. The molecule has 0 aliphatic rings. The summed E-state index contributed by atoms with van der Waals surface area (Å²) in [6.07, 6.45) is 1.71. The summed E-state index contributed by atoms with van der Waals surface area (Å²) in [5.74, 6) is 0.461. The summed E-state index contributed by atoms with van der Waals surface area (Å²) in [7, 11) is 1.72. The molecule has 0 aliphatic heterocycles. The first kappa shape index (κ1) is 17.2. The van der Waals surface area contributed by atoms with Gasteiger partial charge in [0.25, 0.3) is 11.1 Å². The Balaban J connectivity index is 1.56. The van der Waals surface area contributed by atoms with Crippen LogP contribution in [-0.4, -0.2) is 18.9 Å². The standard InChI is InChI=1S/C20H14N4O2S2/c1-23-18(26)15-8-12-4-2-3-5-13(12)9-16(15)22-19(23)28-11-14-10-17(25)24-6-7-27-20(24)21-14/h2-10H,11H2,1H3. The summed E-state index contributed by atoms with van der Waals surface area (Å²) in [5, 5.41) is 5.09. The van der Waals surface area contributed by atoms with Crippen LogP contribution < -0.4 is 11.1 Å². The van der Waals surface area contributed by atoms with Gasteiger partial charge in [-0.3, -0.25) is 18.6 Å². The monoisotopic (exact) mass is 406 g/mol. The van der Waals surface area contributed by atoms with E-state index in [2.05, 4.69) is 4.98 Å². The zero-order valence-electron chi connectivity index (χ0n) is 14.8. The van der Waals surface area contributed by atoms with E-state index in [1.807, 2.05) is 41.8 Å². The second-order valence-corrected chi connectivity index (χ2v) is 8.22. The Hall–Kier alpha value is -2.97. The molecule has 0 aliphatic carbocycles. The van der Waals surface area contributed by atoms with Gasteiger partial charge in [-0.05, 0) is 22.9 Å². The summed E-state index contributed by atoms with van der Waals surface area (Å²) in [6, 6.07) is 13.3. The normalized spacial score (nSPS) is 11.6. The second-order valence-electron chi connectivity index (χ2n) is 6.41. The molecule has 0 amide bonds. The van der Waals surface area contributed by atoms with Crippen LogP contribution >= 0.6 is 23.1 Å². The molecule has 0 spiro atoms. The maximum Gasteiger partial charge on any atom is 0.261 e. The molecule has 0 fully saturated rings. The predicted molar refractivity (Wildman–Crippen MR) is 113 cm³/mol. The summed E-state index contributed by atoms with van der Waals surface area (Å²) in [4.78, 5) is 34.8. The van der Waals surface area contributed by atoms with Crippen LogP contribution in [-0.2, 0) is 12.8 Å². The fourth-order valence-corrected chi connectivity index (χ4v) is 4.77. The zero-order valence-corrected chi connectivity index (χ0v) is 16.5. The zero-order chi connectivity index (χ0) is 19.3. The molecule has 28 heavy (non-hydrogen) atoms. The van der Waals surface area contributed by atoms with Crippen LogP contribution in [0.3, 0.4) is 0 Å². The van der Waals surface area contributed by atoms with E-state index in [1.54, 1.807) is 17.8 Å². The third kappa shape index (κ3) is 2.81. The van der Waals surface area contributed by atoms with Gasteiger partial charge in [0.05, 0.1) is 16.6 Å². The minimum atomic E-state index is -0.103. The van der Waals surface area contributed by atoms with E-state index in [-0.39, 0.29) is 11.1 Å². The summed E-state index contributed by atoms with van der Waals surface area (Å²) in [6.45, 7) is 0. The van der Waals surface area contributed by atoms with Gasteiger partial charge in [0.15, 0.2) is 10.1 Å². The van der Waals surface area contributed by atoms with Gasteiger partial charge in [0.2, 0.25) is 0 Å². The highest BCUT2D eigenvalue weighted by Crippen LogP contribution is 2.24. The number of rotatable bonds is 3. The Morgan fingerprint density at radius 3 is 2.68 bits per heavy atom. The molecule has 5 aromatic rings. The minimum absolute atomic E-state index is 0.0833. The van der Waals surface area contributed by atoms with Crippen molar-refractivity contribution in [1.82, 2.24) is 18.9 Å². The molecule has 0 radical (unpaired) electrons. The van der Waals surface area contributed by atoms with Crippen molar-refractivity contribution in [2.75, 3.05) is 0 Å². The fourth-order valence-electron chi connectivity index (χ4n) is 3.17. The van der Waals surface area contributed by atoms with Crippen LogP contribution in [0.4, 0.5) is 0 Å². The maximum atomic E-state index is 12.8. The van der Waals surface area contributed by atoms with Crippen LogP contribution in [0.2, 0.25) is 0 Å². The van der Waals surface area contributed by atoms with Gasteiger partial charge in [-0.1, -0.05) is 36.0 Å². The molecule has 0 bridgehead atoms. The quantitative estimate of drug-likeness (QED) is 0.261. The van der Waals surface area contributed by atoms with Crippen LogP contribution in [0.15, 0.2) is 68.8 Å². The van der Waals surface area contributed by atoms with Crippen molar-refractivity contribution >= 4 is 49.7 Å². The van der Waals surface area contributed by atoms with Crippen LogP contribution in [0.5, 0.6) is 0 Å². The molecule has 0 saturated carbocycles. The van der Waals surface area contributed by atoms with E-state index < -0.39 is 0 Å². The van der Waals surface area contributed by atoms with Gasteiger partial charge >= 0.3 is 0 Å². The van der Waals surface area contributed by atoms with Gasteiger partial charge in [-0.25, -0.2) is 9.97 Å². The topological polar surface area (TPSA) is 69.3 Å². The van der Waals surface area contributed by atoms with Gasteiger partial charge in [0, 0.05) is 30.4 Å². The highest BCUT2D eigenvalue weighted by molar-refractivity contribution is 7.98. The van der Waals surface area contributed by atoms with E-state index in [4.69, 9.17) is 4.98 Å². The number of thiazole rings is 1. The van der Waals surface area contributed by atoms with Crippen LogP contribution in [0.25, 0.3) is 26.6 Å². The van der Waals surface area contributed by atoms with Crippen molar-refractivity contribution < 1.29 is 0 Å². The maximum absolute atomic E-state index is 12.8. The Labute approximate surface area is 167 Å². The lowest BCUT2D eigenvalue weighted by molar-refractivity contribution is 0.726. The molecule has 0 unspecified atom stereocenters. The SMILES string of the molecule is Cn1c(SCc2cc(=O)n3ccsc3n2)nc2cc3ccccc3cc2c1=O. The first-order valence-electron chi connectivity index (χ1n) is 8.58.